The van der Waals surface area contributed by atoms with Crippen LogP contribution in [0.5, 0.6) is 5.75 Å². The maximum absolute atomic E-state index is 10.2. The van der Waals surface area contributed by atoms with Crippen LogP contribution in [0.25, 0.3) is 22.6 Å². The van der Waals surface area contributed by atoms with Gasteiger partial charge in [0.2, 0.25) is 0 Å². The van der Waals surface area contributed by atoms with Crippen LogP contribution in [0.1, 0.15) is 19.3 Å². The van der Waals surface area contributed by atoms with Gasteiger partial charge in [0, 0.05) is 24.7 Å². The van der Waals surface area contributed by atoms with Crippen LogP contribution < -0.4 is 4.90 Å². The van der Waals surface area contributed by atoms with Crippen LogP contribution in [0, 0.1) is 0 Å². The first-order valence-corrected chi connectivity index (χ1v) is 8.79. The van der Waals surface area contributed by atoms with Gasteiger partial charge in [-0.05, 0) is 31.4 Å². The van der Waals surface area contributed by atoms with Gasteiger partial charge in [-0.3, -0.25) is 0 Å². The average Bonchev–Trinajstić information content (AvgIpc) is 2.69. The first-order chi connectivity index (χ1) is 12.3. The molecule has 4 heteroatoms. The van der Waals surface area contributed by atoms with Crippen molar-refractivity contribution in [3.63, 3.8) is 0 Å². The fourth-order valence-electron chi connectivity index (χ4n) is 3.26. The molecule has 4 nitrogen and oxygen atoms in total. The molecular formula is C21H21N3O. The van der Waals surface area contributed by atoms with Gasteiger partial charge in [0.1, 0.15) is 11.6 Å². The van der Waals surface area contributed by atoms with Gasteiger partial charge in [-0.25, -0.2) is 9.97 Å². The van der Waals surface area contributed by atoms with Crippen LogP contribution in [0.15, 0.2) is 60.7 Å². The summed E-state index contributed by atoms with van der Waals surface area (Å²) >= 11 is 0. The van der Waals surface area contributed by atoms with E-state index in [0.29, 0.717) is 11.4 Å². The van der Waals surface area contributed by atoms with Gasteiger partial charge < -0.3 is 10.0 Å². The molecule has 1 aromatic heterocycles. The Labute approximate surface area is 147 Å². The van der Waals surface area contributed by atoms with Crippen molar-refractivity contribution in [2.24, 2.45) is 0 Å². The van der Waals surface area contributed by atoms with E-state index < -0.39 is 0 Å². The van der Waals surface area contributed by atoms with Crippen LogP contribution in [-0.2, 0) is 0 Å². The van der Waals surface area contributed by atoms with Crippen molar-refractivity contribution < 1.29 is 5.11 Å². The molecule has 1 N–H and O–H groups in total. The lowest BCUT2D eigenvalue weighted by Gasteiger charge is -2.28. The summed E-state index contributed by atoms with van der Waals surface area (Å²) < 4.78 is 0. The molecule has 4 rings (SSSR count). The Hall–Kier alpha value is -2.88. The summed E-state index contributed by atoms with van der Waals surface area (Å²) in [5.74, 6) is 1.71. The predicted molar refractivity (Wildman–Crippen MR) is 101 cm³/mol. The number of para-hydroxylation sites is 1. The molecule has 1 aliphatic heterocycles. The minimum Gasteiger partial charge on any atom is -0.507 e. The second-order valence-corrected chi connectivity index (χ2v) is 6.37. The Morgan fingerprint density at radius 1 is 0.800 bits per heavy atom. The van der Waals surface area contributed by atoms with Gasteiger partial charge >= 0.3 is 0 Å². The summed E-state index contributed by atoms with van der Waals surface area (Å²) in [4.78, 5) is 11.8. The number of phenolic OH excluding ortho intramolecular Hbond substituents is 1. The zero-order valence-electron chi connectivity index (χ0n) is 14.1. The van der Waals surface area contributed by atoms with Gasteiger partial charge in [-0.2, -0.15) is 0 Å². The molecule has 0 spiro atoms. The highest BCUT2D eigenvalue weighted by atomic mass is 16.3. The fourth-order valence-corrected chi connectivity index (χ4v) is 3.26. The van der Waals surface area contributed by atoms with E-state index in [0.717, 1.165) is 30.2 Å². The standard InChI is InChI=1S/C21H21N3O/c25-19-12-6-5-11-17(19)21-22-18(16-9-3-1-4-10-16)15-20(23-21)24-13-7-2-8-14-24/h1,3-6,9-12,15,25H,2,7-8,13-14H2. The molecular weight excluding hydrogens is 310 g/mol. The maximum atomic E-state index is 10.2. The van der Waals surface area contributed by atoms with Crippen LogP contribution in [0.3, 0.4) is 0 Å². The van der Waals surface area contributed by atoms with E-state index in [9.17, 15) is 5.11 Å². The third-order valence-electron chi connectivity index (χ3n) is 4.61. The first-order valence-electron chi connectivity index (χ1n) is 8.79. The lowest BCUT2D eigenvalue weighted by Crippen LogP contribution is -2.30. The summed E-state index contributed by atoms with van der Waals surface area (Å²) in [7, 11) is 0. The summed E-state index contributed by atoms with van der Waals surface area (Å²) in [5, 5.41) is 10.2. The smallest absolute Gasteiger partial charge is 0.165 e. The van der Waals surface area contributed by atoms with Crippen molar-refractivity contribution in [3.8, 4) is 28.4 Å². The normalized spacial score (nSPS) is 14.5. The zero-order chi connectivity index (χ0) is 17.1. The number of piperidine rings is 1. The third kappa shape index (κ3) is 3.33. The fraction of sp³-hybridized carbons (Fsp3) is 0.238. The van der Waals surface area contributed by atoms with Crippen molar-refractivity contribution >= 4 is 5.82 Å². The molecule has 1 saturated heterocycles. The average molecular weight is 331 g/mol. The second-order valence-electron chi connectivity index (χ2n) is 6.37. The van der Waals surface area contributed by atoms with Gasteiger partial charge in [-0.1, -0.05) is 42.5 Å². The van der Waals surface area contributed by atoms with Gasteiger partial charge in [0.25, 0.3) is 0 Å². The number of phenols is 1. The number of hydrogen-bond acceptors (Lipinski definition) is 4. The second kappa shape index (κ2) is 6.93. The van der Waals surface area contributed by atoms with Gasteiger partial charge in [0.05, 0.1) is 11.3 Å². The molecule has 0 bridgehead atoms. The number of aromatic nitrogens is 2. The quantitative estimate of drug-likeness (QED) is 0.767. The van der Waals surface area contributed by atoms with Crippen molar-refractivity contribution in [3.05, 3.63) is 60.7 Å². The summed E-state index contributed by atoms with van der Waals surface area (Å²) in [6.45, 7) is 2.04. The van der Waals surface area contributed by atoms with E-state index in [4.69, 9.17) is 9.97 Å². The molecule has 0 unspecified atom stereocenters. The first kappa shape index (κ1) is 15.6. The van der Waals surface area contributed by atoms with Crippen molar-refractivity contribution in [1.82, 2.24) is 9.97 Å². The van der Waals surface area contributed by atoms with E-state index in [1.807, 2.05) is 36.4 Å². The number of nitrogens with zero attached hydrogens (tertiary/aromatic N) is 3. The molecule has 1 aliphatic rings. The lowest BCUT2D eigenvalue weighted by atomic mass is 10.1. The van der Waals surface area contributed by atoms with Gasteiger partial charge in [0.15, 0.2) is 5.82 Å². The Morgan fingerprint density at radius 3 is 2.28 bits per heavy atom. The highest BCUT2D eigenvalue weighted by molar-refractivity contribution is 5.70. The van der Waals surface area contributed by atoms with Crippen molar-refractivity contribution in [2.45, 2.75) is 19.3 Å². The number of aromatic hydroxyl groups is 1. The maximum Gasteiger partial charge on any atom is 0.165 e. The van der Waals surface area contributed by atoms with Crippen molar-refractivity contribution in [1.29, 1.82) is 0 Å². The largest absolute Gasteiger partial charge is 0.507 e. The van der Waals surface area contributed by atoms with E-state index in [1.165, 1.54) is 19.3 Å². The van der Waals surface area contributed by atoms with Gasteiger partial charge in [-0.15, -0.1) is 0 Å². The Morgan fingerprint density at radius 2 is 1.52 bits per heavy atom. The van der Waals surface area contributed by atoms with Crippen LogP contribution >= 0.6 is 0 Å². The van der Waals surface area contributed by atoms with E-state index in [1.54, 1.807) is 6.07 Å². The molecule has 25 heavy (non-hydrogen) atoms. The molecule has 2 heterocycles. The molecule has 0 radical (unpaired) electrons. The molecule has 0 amide bonds. The van der Waals surface area contributed by atoms with E-state index in [2.05, 4.69) is 23.1 Å². The molecule has 126 valence electrons. The van der Waals surface area contributed by atoms with Crippen LogP contribution in [0.2, 0.25) is 0 Å². The molecule has 0 atom stereocenters. The molecule has 0 saturated carbocycles. The van der Waals surface area contributed by atoms with E-state index >= 15 is 0 Å². The number of hydrogen-bond donors (Lipinski definition) is 1. The molecule has 2 aromatic carbocycles. The highest BCUT2D eigenvalue weighted by Gasteiger charge is 2.17. The van der Waals surface area contributed by atoms with E-state index in [-0.39, 0.29) is 5.75 Å². The lowest BCUT2D eigenvalue weighted by molar-refractivity contribution is 0.477. The Bertz CT molecular complexity index is 858. The van der Waals surface area contributed by atoms with Crippen LogP contribution in [-0.4, -0.2) is 28.2 Å². The highest BCUT2D eigenvalue weighted by Crippen LogP contribution is 2.31. The summed E-state index contributed by atoms with van der Waals surface area (Å²) in [6.07, 6.45) is 3.66. The van der Waals surface area contributed by atoms with Crippen LogP contribution in [0.4, 0.5) is 5.82 Å². The zero-order valence-corrected chi connectivity index (χ0v) is 14.1. The third-order valence-corrected chi connectivity index (χ3v) is 4.61. The van der Waals surface area contributed by atoms with Crippen molar-refractivity contribution in [2.75, 3.05) is 18.0 Å². The predicted octanol–water partition coefficient (Wildman–Crippen LogP) is 4.51. The summed E-state index contributed by atoms with van der Waals surface area (Å²) in [5.41, 5.74) is 2.60. The minimum absolute atomic E-state index is 0.206. The monoisotopic (exact) mass is 331 g/mol. The Balaban J connectivity index is 1.84. The number of anilines is 1. The molecule has 0 aliphatic carbocycles. The Kier molecular flexibility index (Phi) is 4.34. The summed E-state index contributed by atoms with van der Waals surface area (Å²) in [6, 6.07) is 19.4. The minimum atomic E-state index is 0.206. The topological polar surface area (TPSA) is 49.3 Å². The SMILES string of the molecule is Oc1ccccc1-c1nc(-c2ccccc2)cc(N2CCCCC2)n1. The number of rotatable bonds is 3. The molecule has 1 fully saturated rings. The molecule has 3 aromatic rings. The number of benzene rings is 2.